The largest absolute Gasteiger partial charge is 0.489 e. The number of benzene rings is 2. The zero-order valence-electron chi connectivity index (χ0n) is 20.7. The molecule has 2 aliphatic rings. The molecule has 9 heteroatoms. The summed E-state index contributed by atoms with van der Waals surface area (Å²) >= 11 is 6.34. The number of aliphatic hydroxyl groups is 1. The molecule has 0 bridgehead atoms. The van der Waals surface area contributed by atoms with Crippen LogP contribution in [0.15, 0.2) is 36.5 Å². The number of anilines is 1. The van der Waals surface area contributed by atoms with E-state index in [1.165, 1.54) is 0 Å². The molecule has 3 heterocycles. The monoisotopic (exact) mass is 513 g/mol. The Morgan fingerprint density at radius 1 is 1.11 bits per heavy atom. The van der Waals surface area contributed by atoms with Gasteiger partial charge in [0.25, 0.3) is 0 Å². The maximum Gasteiger partial charge on any atom is 0.204 e. The highest BCUT2D eigenvalue weighted by molar-refractivity contribution is 6.33. The molecule has 0 unspecified atom stereocenters. The van der Waals surface area contributed by atoms with Crippen molar-refractivity contribution in [3.8, 4) is 28.7 Å². The van der Waals surface area contributed by atoms with Crippen LogP contribution in [0.5, 0.6) is 28.7 Å². The summed E-state index contributed by atoms with van der Waals surface area (Å²) in [5.74, 6) is 2.97. The molecule has 192 valence electrons. The summed E-state index contributed by atoms with van der Waals surface area (Å²) in [6.07, 6.45) is 4.18. The highest BCUT2D eigenvalue weighted by Crippen LogP contribution is 2.48. The summed E-state index contributed by atoms with van der Waals surface area (Å²) in [6, 6.07) is 9.18. The number of piperidine rings is 1. The Morgan fingerprint density at radius 3 is 2.64 bits per heavy atom. The number of nitrogens with one attached hydrogen (secondary N) is 1. The number of pyridine rings is 1. The first-order valence-electron chi connectivity index (χ1n) is 12.4. The van der Waals surface area contributed by atoms with E-state index in [4.69, 9.17) is 30.5 Å². The lowest BCUT2D eigenvalue weighted by Gasteiger charge is -2.35. The predicted molar refractivity (Wildman–Crippen MR) is 140 cm³/mol. The van der Waals surface area contributed by atoms with E-state index in [2.05, 4.69) is 15.2 Å². The van der Waals surface area contributed by atoms with E-state index >= 15 is 0 Å². The number of fused-ring (bicyclic) bond motifs is 3. The fourth-order valence-electron chi connectivity index (χ4n) is 4.58. The Bertz CT molecular complexity index is 1230. The van der Waals surface area contributed by atoms with E-state index in [-0.39, 0.29) is 0 Å². The van der Waals surface area contributed by atoms with Crippen LogP contribution >= 0.6 is 11.6 Å². The van der Waals surface area contributed by atoms with Crippen LogP contribution in [0, 0.1) is 0 Å². The van der Waals surface area contributed by atoms with Gasteiger partial charge in [-0.1, -0.05) is 11.6 Å². The lowest BCUT2D eigenvalue weighted by atomic mass is 9.94. The van der Waals surface area contributed by atoms with Gasteiger partial charge in [-0.15, -0.1) is 0 Å². The molecule has 1 fully saturated rings. The molecule has 3 aromatic rings. The van der Waals surface area contributed by atoms with Gasteiger partial charge in [0.05, 0.1) is 33.8 Å². The number of likely N-dealkylation sites (tertiary alicyclic amines) is 1. The van der Waals surface area contributed by atoms with Gasteiger partial charge in [0, 0.05) is 45.0 Å². The van der Waals surface area contributed by atoms with Gasteiger partial charge in [0.15, 0.2) is 11.5 Å². The fraction of sp³-hybridized carbons (Fsp3) is 0.444. The van der Waals surface area contributed by atoms with Gasteiger partial charge >= 0.3 is 0 Å². The summed E-state index contributed by atoms with van der Waals surface area (Å²) in [5, 5.41) is 14.5. The molecular weight excluding hydrogens is 482 g/mol. The molecule has 0 saturated carbocycles. The molecule has 5 rings (SSSR count). The third-order valence-electron chi connectivity index (χ3n) is 6.69. The van der Waals surface area contributed by atoms with Crippen LogP contribution in [0.3, 0.4) is 0 Å². The fourth-order valence-corrected chi connectivity index (χ4v) is 4.85. The van der Waals surface area contributed by atoms with Crippen LogP contribution in [0.1, 0.15) is 26.2 Å². The van der Waals surface area contributed by atoms with Crippen LogP contribution < -0.4 is 24.3 Å². The second kappa shape index (κ2) is 10.6. The smallest absolute Gasteiger partial charge is 0.204 e. The van der Waals surface area contributed by atoms with Crippen molar-refractivity contribution in [3.63, 3.8) is 0 Å². The minimum atomic E-state index is -0.535. The Labute approximate surface area is 216 Å². The summed E-state index contributed by atoms with van der Waals surface area (Å²) in [5.41, 5.74) is 0.988. The predicted octanol–water partition coefficient (Wildman–Crippen LogP) is 5.11. The van der Waals surface area contributed by atoms with E-state index < -0.39 is 5.60 Å². The van der Waals surface area contributed by atoms with Crippen molar-refractivity contribution in [2.45, 2.75) is 31.8 Å². The van der Waals surface area contributed by atoms with E-state index in [0.29, 0.717) is 59.1 Å². The van der Waals surface area contributed by atoms with Crippen molar-refractivity contribution < 1.29 is 24.1 Å². The number of rotatable bonds is 8. The third kappa shape index (κ3) is 5.40. The summed E-state index contributed by atoms with van der Waals surface area (Å²) in [6.45, 7) is 6.07. The summed E-state index contributed by atoms with van der Waals surface area (Å²) in [7, 11) is 1.82. The molecule has 0 spiro atoms. The van der Waals surface area contributed by atoms with Crippen LogP contribution in [0.2, 0.25) is 5.02 Å². The van der Waals surface area contributed by atoms with Gasteiger partial charge in [-0.25, -0.2) is 0 Å². The molecule has 0 amide bonds. The average Bonchev–Trinajstić information content (AvgIpc) is 2.87. The maximum absolute atomic E-state index is 10.1. The molecular formula is C27H32ClN3O5. The first kappa shape index (κ1) is 24.7. The standard InChI is InChI=1S/C27H32ClN3O5/c1-27(32)7-11-31(12-8-27)10-3-13-33-23-17-21-24(26-25(23)34-14-15-35-26)22(6-9-30-21)36-18-4-5-20(29-2)19(28)16-18/h4-6,9,16-17,29,32H,3,7-8,10-15H2,1-2H3. The molecule has 1 saturated heterocycles. The molecule has 2 aromatic carbocycles. The van der Waals surface area contributed by atoms with Crippen LogP contribution in [-0.2, 0) is 0 Å². The number of hydrogen-bond acceptors (Lipinski definition) is 8. The first-order valence-corrected chi connectivity index (χ1v) is 12.8. The minimum Gasteiger partial charge on any atom is -0.489 e. The number of halogens is 1. The van der Waals surface area contributed by atoms with Gasteiger partial charge < -0.3 is 34.3 Å². The quantitative estimate of drug-likeness (QED) is 0.402. The van der Waals surface area contributed by atoms with Gasteiger partial charge in [-0.05, 0) is 44.4 Å². The van der Waals surface area contributed by atoms with Gasteiger partial charge in [-0.2, -0.15) is 0 Å². The van der Waals surface area contributed by atoms with Crippen molar-refractivity contribution >= 4 is 28.2 Å². The number of aromatic nitrogens is 1. The van der Waals surface area contributed by atoms with Crippen LogP contribution in [-0.4, -0.2) is 67.1 Å². The van der Waals surface area contributed by atoms with Crippen molar-refractivity contribution in [2.24, 2.45) is 0 Å². The average molecular weight is 514 g/mol. The van der Waals surface area contributed by atoms with E-state index in [1.54, 1.807) is 18.3 Å². The minimum absolute atomic E-state index is 0.432. The molecule has 0 atom stereocenters. The molecule has 0 aliphatic carbocycles. The topological polar surface area (TPSA) is 85.3 Å². The molecule has 36 heavy (non-hydrogen) atoms. The van der Waals surface area contributed by atoms with Gasteiger partial charge in [0.2, 0.25) is 5.75 Å². The molecule has 2 N–H and O–H groups in total. The number of nitrogens with zero attached hydrogens (tertiary/aromatic N) is 2. The van der Waals surface area contributed by atoms with Crippen LogP contribution in [0.4, 0.5) is 5.69 Å². The maximum atomic E-state index is 10.1. The zero-order chi connectivity index (χ0) is 25.1. The number of ether oxygens (including phenoxy) is 4. The normalized spacial score (nSPS) is 17.1. The Hall–Kier alpha value is -2.94. The van der Waals surface area contributed by atoms with Gasteiger partial charge in [-0.3, -0.25) is 4.98 Å². The Balaban J connectivity index is 1.34. The Kier molecular flexibility index (Phi) is 7.27. The summed E-state index contributed by atoms with van der Waals surface area (Å²) in [4.78, 5) is 6.92. The second-order valence-corrected chi connectivity index (χ2v) is 9.87. The summed E-state index contributed by atoms with van der Waals surface area (Å²) < 4.78 is 24.4. The Morgan fingerprint density at radius 2 is 1.89 bits per heavy atom. The molecule has 0 radical (unpaired) electrons. The zero-order valence-corrected chi connectivity index (χ0v) is 21.4. The van der Waals surface area contributed by atoms with Crippen molar-refractivity contribution in [1.82, 2.24) is 9.88 Å². The third-order valence-corrected chi connectivity index (χ3v) is 7.00. The molecule has 8 nitrogen and oxygen atoms in total. The van der Waals surface area contributed by atoms with Crippen molar-refractivity contribution in [1.29, 1.82) is 0 Å². The lowest BCUT2D eigenvalue weighted by Crippen LogP contribution is -2.42. The molecule has 1 aromatic heterocycles. The first-order chi connectivity index (χ1) is 17.4. The van der Waals surface area contributed by atoms with Gasteiger partial charge in [0.1, 0.15) is 24.7 Å². The molecule has 2 aliphatic heterocycles. The number of hydrogen-bond donors (Lipinski definition) is 2. The van der Waals surface area contributed by atoms with Crippen LogP contribution in [0.25, 0.3) is 10.9 Å². The SMILES string of the molecule is CNc1ccc(Oc2ccnc3cc(OCCCN4CCC(C)(O)CC4)c4c(c23)OCCO4)cc1Cl. The lowest BCUT2D eigenvalue weighted by molar-refractivity contribution is -0.00606. The highest BCUT2D eigenvalue weighted by Gasteiger charge is 2.27. The van der Waals surface area contributed by atoms with Crippen molar-refractivity contribution in [2.75, 3.05) is 51.8 Å². The van der Waals surface area contributed by atoms with E-state index in [1.807, 2.05) is 32.2 Å². The van der Waals surface area contributed by atoms with Crippen molar-refractivity contribution in [3.05, 3.63) is 41.6 Å². The van der Waals surface area contributed by atoms with E-state index in [9.17, 15) is 5.11 Å². The highest BCUT2D eigenvalue weighted by atomic mass is 35.5. The second-order valence-electron chi connectivity index (χ2n) is 9.47. The van der Waals surface area contributed by atoms with E-state index in [0.717, 1.165) is 50.0 Å².